The lowest BCUT2D eigenvalue weighted by Crippen LogP contribution is -2.23. The van der Waals surface area contributed by atoms with E-state index in [1.165, 1.54) is 0 Å². The van der Waals surface area contributed by atoms with Crippen molar-refractivity contribution in [3.8, 4) is 0 Å². The van der Waals surface area contributed by atoms with E-state index >= 15 is 0 Å². The summed E-state index contributed by atoms with van der Waals surface area (Å²) < 4.78 is 0. The molecule has 0 aliphatic heterocycles. The molecule has 0 spiro atoms. The predicted octanol–water partition coefficient (Wildman–Crippen LogP) is 7.29. The summed E-state index contributed by atoms with van der Waals surface area (Å²) in [6.45, 7) is 9.80. The van der Waals surface area contributed by atoms with Crippen LogP contribution in [0.3, 0.4) is 0 Å². The van der Waals surface area contributed by atoms with Crippen molar-refractivity contribution in [3.63, 3.8) is 0 Å². The summed E-state index contributed by atoms with van der Waals surface area (Å²) in [6, 6.07) is 18.2. The van der Waals surface area contributed by atoms with E-state index in [4.69, 9.17) is 5.11 Å². The number of benzene rings is 4. The highest BCUT2D eigenvalue weighted by atomic mass is 16.4. The van der Waals surface area contributed by atoms with Gasteiger partial charge in [0.25, 0.3) is 0 Å². The van der Waals surface area contributed by atoms with Gasteiger partial charge in [0, 0.05) is 34.6 Å². The summed E-state index contributed by atoms with van der Waals surface area (Å²) in [5.74, 6) is -1.90. The number of ketones is 2. The van der Waals surface area contributed by atoms with Crippen molar-refractivity contribution in [3.05, 3.63) is 111 Å². The second-order valence-corrected chi connectivity index (χ2v) is 11.1. The van der Waals surface area contributed by atoms with Crippen LogP contribution in [0.4, 0.5) is 28.4 Å². The third kappa shape index (κ3) is 5.77. The van der Waals surface area contributed by atoms with Crippen LogP contribution in [0.1, 0.15) is 72.5 Å². The van der Waals surface area contributed by atoms with Gasteiger partial charge >= 0.3 is 5.97 Å². The van der Waals surface area contributed by atoms with Crippen molar-refractivity contribution in [2.45, 2.75) is 47.5 Å². The zero-order chi connectivity index (χ0) is 31.0. The summed E-state index contributed by atoms with van der Waals surface area (Å²) in [4.78, 5) is 51.0. The Kier molecular flexibility index (Phi) is 7.87. The summed E-state index contributed by atoms with van der Waals surface area (Å²) in [6.07, 6.45) is -0.377. The van der Waals surface area contributed by atoms with E-state index in [0.29, 0.717) is 39.3 Å². The fraction of sp³-hybridized carbons (Fsp3) is 0.200. The van der Waals surface area contributed by atoms with Gasteiger partial charge in [-0.05, 0) is 81.1 Å². The van der Waals surface area contributed by atoms with Gasteiger partial charge in [0.1, 0.15) is 0 Å². The van der Waals surface area contributed by atoms with Gasteiger partial charge in [0.15, 0.2) is 11.6 Å². The molecule has 0 heterocycles. The fourth-order valence-corrected chi connectivity index (χ4v) is 5.75. The zero-order valence-corrected chi connectivity index (χ0v) is 24.8. The maximum absolute atomic E-state index is 14.0. The van der Waals surface area contributed by atoms with Gasteiger partial charge in [-0.3, -0.25) is 19.2 Å². The van der Waals surface area contributed by atoms with Gasteiger partial charge in [-0.2, -0.15) is 0 Å². The first-order chi connectivity index (χ1) is 20.4. The molecular weight excluding hydrogens is 542 g/mol. The lowest BCUT2D eigenvalue weighted by Gasteiger charge is -2.25. The molecule has 5 rings (SSSR count). The molecule has 1 amide bonds. The minimum absolute atomic E-state index is 0.126. The van der Waals surface area contributed by atoms with Crippen molar-refractivity contribution in [2.75, 3.05) is 16.0 Å². The normalized spacial score (nSPS) is 11.9. The van der Waals surface area contributed by atoms with E-state index in [2.05, 4.69) is 28.1 Å². The molecule has 1 aliphatic rings. The molecule has 0 unspecified atom stereocenters. The topological polar surface area (TPSA) is 125 Å². The zero-order valence-electron chi connectivity index (χ0n) is 24.8. The van der Waals surface area contributed by atoms with Crippen LogP contribution < -0.4 is 16.0 Å². The number of aryl methyl sites for hydroxylation is 5. The maximum Gasteiger partial charge on any atom is 0.303 e. The SMILES string of the molecule is Cc1cc(C)c(Nc2ccc(Nc3c(C)cc(NC(=O)CCC(=O)O)cc3C)c3c2C(=O)c2ccccc2C3=O)c(C)c1. The number of rotatable bonds is 8. The van der Waals surface area contributed by atoms with Gasteiger partial charge in [0.2, 0.25) is 5.91 Å². The molecule has 0 radical (unpaired) electrons. The minimum atomic E-state index is -1.04. The van der Waals surface area contributed by atoms with E-state index in [-0.39, 0.29) is 30.3 Å². The number of carbonyl (C=O) groups is 4. The molecule has 0 atom stereocenters. The van der Waals surface area contributed by atoms with E-state index in [1.807, 2.05) is 40.7 Å². The van der Waals surface area contributed by atoms with Crippen LogP contribution in [0.15, 0.2) is 60.7 Å². The smallest absolute Gasteiger partial charge is 0.303 e. The molecule has 43 heavy (non-hydrogen) atoms. The number of carboxylic acids is 1. The molecule has 0 aromatic heterocycles. The maximum atomic E-state index is 14.0. The number of carboxylic acid groups (broad SMARTS) is 1. The highest BCUT2D eigenvalue weighted by molar-refractivity contribution is 6.32. The number of nitrogens with one attached hydrogen (secondary N) is 3. The Hall–Kier alpha value is -5.24. The first kappa shape index (κ1) is 29.3. The van der Waals surface area contributed by atoms with Crippen molar-refractivity contribution < 1.29 is 24.3 Å². The second-order valence-electron chi connectivity index (χ2n) is 11.1. The minimum Gasteiger partial charge on any atom is -0.481 e. The third-order valence-electron chi connectivity index (χ3n) is 7.65. The Balaban J connectivity index is 1.57. The predicted molar refractivity (Wildman–Crippen MR) is 168 cm³/mol. The molecule has 0 fully saturated rings. The molecule has 4 N–H and O–H groups in total. The quantitative estimate of drug-likeness (QED) is 0.153. The molecule has 0 saturated heterocycles. The Morgan fingerprint density at radius 2 is 1.09 bits per heavy atom. The lowest BCUT2D eigenvalue weighted by molar-refractivity contribution is -0.138. The van der Waals surface area contributed by atoms with E-state index in [1.54, 1.807) is 42.5 Å². The van der Waals surface area contributed by atoms with E-state index < -0.39 is 5.97 Å². The molecule has 4 aromatic rings. The largest absolute Gasteiger partial charge is 0.481 e. The van der Waals surface area contributed by atoms with E-state index in [9.17, 15) is 19.2 Å². The number of fused-ring (bicyclic) bond motifs is 2. The molecule has 0 saturated carbocycles. The molecule has 218 valence electrons. The number of aliphatic carboxylic acids is 1. The average Bonchev–Trinajstić information content (AvgIpc) is 2.94. The van der Waals surface area contributed by atoms with Gasteiger partial charge in [-0.15, -0.1) is 0 Å². The fourth-order valence-electron chi connectivity index (χ4n) is 5.75. The van der Waals surface area contributed by atoms with Crippen molar-refractivity contribution in [2.24, 2.45) is 0 Å². The number of hydrogen-bond acceptors (Lipinski definition) is 6. The van der Waals surface area contributed by atoms with Crippen LogP contribution in [0.5, 0.6) is 0 Å². The standard InChI is InChI=1S/C35H33N3O5/c1-18-14-19(2)32(20(3)15-18)37-26-10-11-27(31-30(26)34(42)24-8-6-7-9-25(24)35(31)43)38-33-21(4)16-23(17-22(33)5)36-28(39)12-13-29(40)41/h6-11,14-17,37-38H,12-13H2,1-5H3,(H,36,39)(H,40,41). The molecule has 1 aliphatic carbocycles. The Bertz CT molecular complexity index is 1790. The van der Waals surface area contributed by atoms with Crippen LogP contribution in [0.2, 0.25) is 0 Å². The van der Waals surface area contributed by atoms with Gasteiger partial charge < -0.3 is 21.1 Å². The summed E-state index contributed by atoms with van der Waals surface area (Å²) >= 11 is 0. The number of anilines is 5. The monoisotopic (exact) mass is 575 g/mol. The first-order valence-electron chi connectivity index (χ1n) is 14.0. The second kappa shape index (κ2) is 11.6. The van der Waals surface area contributed by atoms with Gasteiger partial charge in [-0.1, -0.05) is 42.0 Å². The molecule has 0 bridgehead atoms. The van der Waals surface area contributed by atoms with Crippen LogP contribution in [-0.4, -0.2) is 28.5 Å². The number of hydrogen-bond donors (Lipinski definition) is 4. The molecule has 4 aromatic carbocycles. The lowest BCUT2D eigenvalue weighted by atomic mass is 9.82. The molecule has 8 heteroatoms. The van der Waals surface area contributed by atoms with Crippen LogP contribution >= 0.6 is 0 Å². The Morgan fingerprint density at radius 1 is 0.651 bits per heavy atom. The number of carbonyl (C=O) groups excluding carboxylic acids is 3. The van der Waals surface area contributed by atoms with Gasteiger partial charge in [-0.25, -0.2) is 0 Å². The molecule has 8 nitrogen and oxygen atoms in total. The highest BCUT2D eigenvalue weighted by Gasteiger charge is 2.34. The highest BCUT2D eigenvalue weighted by Crippen LogP contribution is 2.40. The third-order valence-corrected chi connectivity index (χ3v) is 7.65. The van der Waals surface area contributed by atoms with Crippen LogP contribution in [0, 0.1) is 34.6 Å². The summed E-state index contributed by atoms with van der Waals surface area (Å²) in [7, 11) is 0. The van der Waals surface area contributed by atoms with Crippen LogP contribution in [0.25, 0.3) is 0 Å². The summed E-state index contributed by atoms with van der Waals surface area (Å²) in [5, 5.41) is 18.5. The van der Waals surface area contributed by atoms with Crippen molar-refractivity contribution >= 4 is 51.9 Å². The van der Waals surface area contributed by atoms with Crippen molar-refractivity contribution in [1.29, 1.82) is 0 Å². The number of amides is 1. The molecular formula is C35H33N3O5. The van der Waals surface area contributed by atoms with Gasteiger partial charge in [0.05, 0.1) is 28.9 Å². The van der Waals surface area contributed by atoms with E-state index in [0.717, 1.165) is 39.2 Å². The summed E-state index contributed by atoms with van der Waals surface area (Å²) in [5.41, 5.74) is 9.34. The Labute approximate surface area is 250 Å². The Morgan fingerprint density at radius 3 is 1.53 bits per heavy atom. The van der Waals surface area contributed by atoms with Crippen molar-refractivity contribution in [1.82, 2.24) is 0 Å². The first-order valence-corrected chi connectivity index (χ1v) is 14.0. The average molecular weight is 576 g/mol. The van der Waals surface area contributed by atoms with Crippen LogP contribution in [-0.2, 0) is 9.59 Å².